The van der Waals surface area contributed by atoms with Gasteiger partial charge in [0.1, 0.15) is 0 Å². The molecule has 4 rings (SSSR count). The summed E-state index contributed by atoms with van der Waals surface area (Å²) in [7, 11) is -3.23. The largest absolute Gasteiger partial charge is 0.367 e. The zero-order valence-corrected chi connectivity index (χ0v) is 19.9. The molecule has 0 unspecified atom stereocenters. The first-order chi connectivity index (χ1) is 15.3. The summed E-state index contributed by atoms with van der Waals surface area (Å²) < 4.78 is 23.1. The zero-order chi connectivity index (χ0) is 22.7. The summed E-state index contributed by atoms with van der Waals surface area (Å²) in [5.41, 5.74) is 2.45. The van der Waals surface area contributed by atoms with Crippen LogP contribution < -0.4 is 10.2 Å². The maximum absolute atomic E-state index is 12.7. The minimum Gasteiger partial charge on any atom is -0.367 e. The van der Waals surface area contributed by atoms with Gasteiger partial charge in [0.2, 0.25) is 5.91 Å². The quantitative estimate of drug-likeness (QED) is 0.565. The van der Waals surface area contributed by atoms with Gasteiger partial charge in [-0.1, -0.05) is 23.7 Å². The Kier molecular flexibility index (Phi) is 6.68. The van der Waals surface area contributed by atoms with Gasteiger partial charge in [-0.2, -0.15) is 0 Å². The third-order valence-electron chi connectivity index (χ3n) is 5.24. The normalized spacial score (nSPS) is 14.4. The SMILES string of the molecule is CS(=O)(=O)c1ccc(Nc2nc(CC(=O)N3CCN(c4ccccc4Cl)CC3)cs2)cc1. The van der Waals surface area contributed by atoms with Crippen LogP contribution in [0.25, 0.3) is 0 Å². The van der Waals surface area contributed by atoms with Gasteiger partial charge in [-0.3, -0.25) is 4.79 Å². The molecule has 0 spiro atoms. The van der Waals surface area contributed by atoms with Crippen LogP contribution >= 0.6 is 22.9 Å². The zero-order valence-electron chi connectivity index (χ0n) is 17.5. The van der Waals surface area contributed by atoms with E-state index in [4.69, 9.17) is 11.6 Å². The van der Waals surface area contributed by atoms with E-state index in [-0.39, 0.29) is 17.2 Å². The number of nitrogens with one attached hydrogen (secondary N) is 1. The lowest BCUT2D eigenvalue weighted by Crippen LogP contribution is -2.49. The number of piperazine rings is 1. The van der Waals surface area contributed by atoms with E-state index in [0.717, 1.165) is 29.5 Å². The Morgan fingerprint density at radius 1 is 1.09 bits per heavy atom. The summed E-state index contributed by atoms with van der Waals surface area (Å²) in [6, 6.07) is 14.2. The molecule has 10 heteroatoms. The standard InChI is InChI=1S/C22H23ClN4O3S2/c1-32(29,30)18-8-6-16(7-9-18)24-22-25-17(15-31-22)14-21(28)27-12-10-26(11-13-27)20-5-3-2-4-19(20)23/h2-9,15H,10-14H2,1H3,(H,24,25). The van der Waals surface area contributed by atoms with Gasteiger partial charge in [0.15, 0.2) is 15.0 Å². The molecule has 2 aromatic carbocycles. The van der Waals surface area contributed by atoms with Crippen LogP contribution in [0, 0.1) is 0 Å². The van der Waals surface area contributed by atoms with E-state index < -0.39 is 9.84 Å². The van der Waals surface area contributed by atoms with E-state index in [1.54, 1.807) is 24.3 Å². The van der Waals surface area contributed by atoms with Crippen LogP contribution in [0.5, 0.6) is 0 Å². The molecule has 0 bridgehead atoms. The molecule has 0 radical (unpaired) electrons. The van der Waals surface area contributed by atoms with Crippen molar-refractivity contribution < 1.29 is 13.2 Å². The molecule has 2 heterocycles. The van der Waals surface area contributed by atoms with E-state index in [9.17, 15) is 13.2 Å². The average molecular weight is 491 g/mol. The van der Waals surface area contributed by atoms with Crippen molar-refractivity contribution in [1.82, 2.24) is 9.88 Å². The molecule has 1 amide bonds. The molecule has 1 fully saturated rings. The predicted molar refractivity (Wildman–Crippen MR) is 129 cm³/mol. The van der Waals surface area contributed by atoms with E-state index >= 15 is 0 Å². The number of thiazole rings is 1. The molecule has 1 N–H and O–H groups in total. The van der Waals surface area contributed by atoms with Crippen molar-refractivity contribution in [3.63, 3.8) is 0 Å². The fraction of sp³-hybridized carbons (Fsp3) is 0.273. The highest BCUT2D eigenvalue weighted by Gasteiger charge is 2.23. The number of para-hydroxylation sites is 1. The van der Waals surface area contributed by atoms with Crippen LogP contribution in [0.3, 0.4) is 0 Å². The number of halogens is 1. The van der Waals surface area contributed by atoms with Crippen LogP contribution in [0.4, 0.5) is 16.5 Å². The average Bonchev–Trinajstić information content (AvgIpc) is 3.20. The summed E-state index contributed by atoms with van der Waals surface area (Å²) in [4.78, 5) is 21.6. The topological polar surface area (TPSA) is 82.6 Å². The number of amides is 1. The Bertz CT molecular complexity index is 1200. The van der Waals surface area contributed by atoms with Gasteiger partial charge >= 0.3 is 0 Å². The summed E-state index contributed by atoms with van der Waals surface area (Å²) in [5.74, 6) is 0.0539. The number of carbonyl (C=O) groups is 1. The molecule has 1 aromatic heterocycles. The van der Waals surface area contributed by atoms with Crippen molar-refractivity contribution in [2.75, 3.05) is 42.7 Å². The lowest BCUT2D eigenvalue weighted by atomic mass is 10.2. The molecule has 0 atom stereocenters. The second kappa shape index (κ2) is 9.48. The van der Waals surface area contributed by atoms with Crippen LogP contribution in [0.15, 0.2) is 58.8 Å². The molecule has 168 valence electrons. The van der Waals surface area contributed by atoms with Crippen molar-refractivity contribution in [1.29, 1.82) is 0 Å². The summed E-state index contributed by atoms with van der Waals surface area (Å²) in [6.07, 6.45) is 1.42. The lowest BCUT2D eigenvalue weighted by Gasteiger charge is -2.36. The Hall–Kier alpha value is -2.62. The number of aromatic nitrogens is 1. The van der Waals surface area contributed by atoms with E-state index in [1.807, 2.05) is 34.5 Å². The monoisotopic (exact) mass is 490 g/mol. The maximum Gasteiger partial charge on any atom is 0.228 e. The fourth-order valence-electron chi connectivity index (χ4n) is 3.53. The minimum atomic E-state index is -3.23. The molecule has 7 nitrogen and oxygen atoms in total. The van der Waals surface area contributed by atoms with E-state index in [1.165, 1.54) is 17.6 Å². The molecule has 0 aliphatic carbocycles. The highest BCUT2D eigenvalue weighted by atomic mass is 35.5. The van der Waals surface area contributed by atoms with Crippen molar-refractivity contribution in [3.8, 4) is 0 Å². The van der Waals surface area contributed by atoms with Gasteiger partial charge < -0.3 is 15.1 Å². The van der Waals surface area contributed by atoms with E-state index in [2.05, 4.69) is 15.2 Å². The molecular formula is C22H23ClN4O3S2. The molecule has 1 aliphatic heterocycles. The molecule has 1 saturated heterocycles. The first-order valence-electron chi connectivity index (χ1n) is 10.1. The van der Waals surface area contributed by atoms with Gasteiger partial charge in [-0.15, -0.1) is 11.3 Å². The van der Waals surface area contributed by atoms with Gasteiger partial charge in [-0.25, -0.2) is 13.4 Å². The second-order valence-electron chi connectivity index (χ2n) is 7.56. The van der Waals surface area contributed by atoms with Crippen LogP contribution in [-0.4, -0.2) is 56.6 Å². The summed E-state index contributed by atoms with van der Waals surface area (Å²) >= 11 is 7.70. The Morgan fingerprint density at radius 3 is 2.44 bits per heavy atom. The van der Waals surface area contributed by atoms with Gasteiger partial charge in [0.25, 0.3) is 0 Å². The highest BCUT2D eigenvalue weighted by Crippen LogP contribution is 2.26. The minimum absolute atomic E-state index is 0.0539. The molecule has 0 saturated carbocycles. The number of hydrogen-bond acceptors (Lipinski definition) is 7. The smallest absolute Gasteiger partial charge is 0.228 e. The fourth-order valence-corrected chi connectivity index (χ4v) is 5.14. The Labute approximate surface area is 196 Å². The summed E-state index contributed by atoms with van der Waals surface area (Å²) in [6.45, 7) is 2.77. The van der Waals surface area contributed by atoms with Gasteiger partial charge in [0, 0.05) is 43.5 Å². The molecule has 3 aromatic rings. The molecular weight excluding hydrogens is 468 g/mol. The van der Waals surface area contributed by atoms with Gasteiger partial charge in [0.05, 0.1) is 27.7 Å². The Balaban J connectivity index is 1.31. The van der Waals surface area contributed by atoms with Crippen LogP contribution in [0.1, 0.15) is 5.69 Å². The number of sulfone groups is 1. The third-order valence-corrected chi connectivity index (χ3v) is 7.50. The number of carbonyl (C=O) groups excluding carboxylic acids is 1. The van der Waals surface area contributed by atoms with Crippen LogP contribution in [-0.2, 0) is 21.1 Å². The molecule has 1 aliphatic rings. The van der Waals surface area contributed by atoms with Crippen molar-refractivity contribution in [3.05, 3.63) is 64.6 Å². The molecule has 32 heavy (non-hydrogen) atoms. The van der Waals surface area contributed by atoms with E-state index in [0.29, 0.717) is 23.9 Å². The second-order valence-corrected chi connectivity index (χ2v) is 10.8. The maximum atomic E-state index is 12.7. The lowest BCUT2D eigenvalue weighted by molar-refractivity contribution is -0.130. The van der Waals surface area contributed by atoms with Crippen molar-refractivity contribution >= 4 is 55.2 Å². The number of hydrogen-bond donors (Lipinski definition) is 1. The number of anilines is 3. The number of rotatable bonds is 6. The third kappa shape index (κ3) is 5.40. The predicted octanol–water partition coefficient (Wildman–Crippen LogP) is 3.83. The van der Waals surface area contributed by atoms with Crippen LogP contribution in [0.2, 0.25) is 5.02 Å². The van der Waals surface area contributed by atoms with Gasteiger partial charge in [-0.05, 0) is 36.4 Å². The highest BCUT2D eigenvalue weighted by molar-refractivity contribution is 7.90. The van der Waals surface area contributed by atoms with Crippen molar-refractivity contribution in [2.45, 2.75) is 11.3 Å². The first-order valence-corrected chi connectivity index (χ1v) is 13.2. The number of benzene rings is 2. The van der Waals surface area contributed by atoms with Crippen molar-refractivity contribution in [2.24, 2.45) is 0 Å². The Morgan fingerprint density at radius 2 is 1.78 bits per heavy atom. The first kappa shape index (κ1) is 22.6. The number of nitrogens with zero attached hydrogens (tertiary/aromatic N) is 3. The summed E-state index contributed by atoms with van der Waals surface area (Å²) in [5, 5.41) is 6.40.